The summed E-state index contributed by atoms with van der Waals surface area (Å²) < 4.78 is 60.6. The molecule has 0 aliphatic carbocycles. The highest BCUT2D eigenvalue weighted by Crippen LogP contribution is 2.58. The van der Waals surface area contributed by atoms with E-state index in [1.54, 1.807) is 0 Å². The van der Waals surface area contributed by atoms with Crippen molar-refractivity contribution in [3.8, 4) is 17.4 Å². The summed E-state index contributed by atoms with van der Waals surface area (Å²) in [7, 11) is 0. The molecule has 122 valence electrons. The Kier molecular flexibility index (Phi) is 2.99. The number of nitrogens with zero attached hydrogens (tertiary/aromatic N) is 1. The molecule has 2 aliphatic heterocycles. The van der Waals surface area contributed by atoms with Gasteiger partial charge in [0, 0.05) is 0 Å². The maximum Gasteiger partial charge on any atom is 0.205 e. The van der Waals surface area contributed by atoms with Crippen molar-refractivity contribution < 1.29 is 32.5 Å². The van der Waals surface area contributed by atoms with Crippen LogP contribution in [0.3, 0.4) is 0 Å². The van der Waals surface area contributed by atoms with Gasteiger partial charge in [-0.15, -0.1) is 0 Å². The van der Waals surface area contributed by atoms with Gasteiger partial charge in [0.25, 0.3) is 0 Å². The van der Waals surface area contributed by atoms with Crippen molar-refractivity contribution in [3.63, 3.8) is 0 Å². The zero-order chi connectivity index (χ0) is 16.6. The molecule has 0 spiro atoms. The van der Waals surface area contributed by atoms with Crippen molar-refractivity contribution in [1.82, 2.24) is 4.57 Å². The van der Waals surface area contributed by atoms with Crippen LogP contribution in [0.4, 0.5) is 17.6 Å². The molecule has 2 bridgehead atoms. The number of aromatic hydroxyl groups is 2. The SMILES string of the molecule is Oc1c2c(c(O)n1-c1c(F)c(F)c(Br)c(F)c1F)[C@H]1CC[C@@H]2O1. The van der Waals surface area contributed by atoms with E-state index >= 15 is 0 Å². The highest BCUT2D eigenvalue weighted by Gasteiger charge is 2.46. The molecule has 4 nitrogen and oxygen atoms in total. The molecule has 2 N–H and O–H groups in total. The van der Waals surface area contributed by atoms with E-state index in [9.17, 15) is 27.8 Å². The Hall–Kier alpha value is -1.74. The molecule has 23 heavy (non-hydrogen) atoms. The van der Waals surface area contributed by atoms with Crippen LogP contribution in [0.5, 0.6) is 11.8 Å². The first-order valence-corrected chi connectivity index (χ1v) is 7.47. The number of hydrogen-bond donors (Lipinski definition) is 2. The number of ether oxygens (including phenoxy) is 1. The molecular formula is C14H8BrF4NO3. The largest absolute Gasteiger partial charge is 0.494 e. The highest BCUT2D eigenvalue weighted by molar-refractivity contribution is 9.10. The highest BCUT2D eigenvalue weighted by atomic mass is 79.9. The Labute approximate surface area is 135 Å². The minimum atomic E-state index is -1.73. The lowest BCUT2D eigenvalue weighted by atomic mass is 9.95. The Morgan fingerprint density at radius 1 is 0.870 bits per heavy atom. The molecule has 2 aromatic rings. The van der Waals surface area contributed by atoms with Crippen LogP contribution in [0.1, 0.15) is 36.2 Å². The van der Waals surface area contributed by atoms with Crippen molar-refractivity contribution in [2.75, 3.05) is 0 Å². The summed E-state index contributed by atoms with van der Waals surface area (Å²) in [6, 6.07) is 0. The van der Waals surface area contributed by atoms with Crippen LogP contribution < -0.4 is 0 Å². The van der Waals surface area contributed by atoms with Crippen LogP contribution >= 0.6 is 15.9 Å². The number of rotatable bonds is 1. The average molecular weight is 394 g/mol. The summed E-state index contributed by atoms with van der Waals surface area (Å²) in [6.07, 6.45) is 0.114. The molecule has 3 heterocycles. The van der Waals surface area contributed by atoms with Crippen LogP contribution in [0.25, 0.3) is 5.69 Å². The Morgan fingerprint density at radius 3 is 1.74 bits per heavy atom. The first-order valence-electron chi connectivity index (χ1n) is 6.68. The lowest BCUT2D eigenvalue weighted by Crippen LogP contribution is -2.08. The van der Waals surface area contributed by atoms with Crippen molar-refractivity contribution in [1.29, 1.82) is 0 Å². The van der Waals surface area contributed by atoms with Gasteiger partial charge in [0.05, 0.1) is 27.8 Å². The molecule has 0 amide bonds. The van der Waals surface area contributed by atoms with Gasteiger partial charge in [-0.1, -0.05) is 0 Å². The normalized spacial score (nSPS) is 22.0. The summed E-state index contributed by atoms with van der Waals surface area (Å²) in [6.45, 7) is 0. The molecule has 2 atom stereocenters. The summed E-state index contributed by atoms with van der Waals surface area (Å²) in [5.74, 6) is -8.17. The molecule has 0 saturated carbocycles. The molecule has 1 saturated heterocycles. The van der Waals surface area contributed by atoms with Crippen LogP contribution in [-0.4, -0.2) is 14.8 Å². The zero-order valence-corrected chi connectivity index (χ0v) is 12.8. The third-order valence-corrected chi connectivity index (χ3v) is 4.97. The van der Waals surface area contributed by atoms with Crippen LogP contribution in [-0.2, 0) is 4.74 Å². The summed E-state index contributed by atoms with van der Waals surface area (Å²) >= 11 is 2.41. The first kappa shape index (κ1) is 14.8. The van der Waals surface area contributed by atoms with Gasteiger partial charge in [0.15, 0.2) is 23.3 Å². The average Bonchev–Trinajstić information content (AvgIpc) is 3.20. The predicted octanol–water partition coefficient (Wildman–Crippen LogP) is 4.11. The predicted molar refractivity (Wildman–Crippen MR) is 72.4 cm³/mol. The third-order valence-electron chi connectivity index (χ3n) is 4.27. The van der Waals surface area contributed by atoms with Crippen LogP contribution in [0.15, 0.2) is 4.47 Å². The summed E-state index contributed by atoms with van der Waals surface area (Å²) in [4.78, 5) is 0. The number of halogens is 5. The second-order valence-corrected chi connectivity index (χ2v) is 6.21. The van der Waals surface area contributed by atoms with Crippen molar-refractivity contribution >= 4 is 15.9 Å². The number of benzene rings is 1. The fourth-order valence-electron chi connectivity index (χ4n) is 3.28. The molecule has 0 unspecified atom stereocenters. The van der Waals surface area contributed by atoms with Gasteiger partial charge in [-0.2, -0.15) is 0 Å². The Morgan fingerprint density at radius 2 is 1.30 bits per heavy atom. The summed E-state index contributed by atoms with van der Waals surface area (Å²) in [5, 5.41) is 20.5. The molecule has 1 aromatic heterocycles. The molecule has 4 rings (SSSR count). The monoisotopic (exact) mass is 393 g/mol. The van der Waals surface area contributed by atoms with Crippen LogP contribution in [0.2, 0.25) is 0 Å². The molecule has 1 fully saturated rings. The first-order chi connectivity index (χ1) is 10.8. The zero-order valence-electron chi connectivity index (χ0n) is 11.2. The fourth-order valence-corrected chi connectivity index (χ4v) is 3.63. The van der Waals surface area contributed by atoms with Gasteiger partial charge in [0.2, 0.25) is 11.8 Å². The minimum Gasteiger partial charge on any atom is -0.494 e. The third kappa shape index (κ3) is 1.69. The smallest absolute Gasteiger partial charge is 0.205 e. The minimum absolute atomic E-state index is 0.196. The van der Waals surface area contributed by atoms with Gasteiger partial charge in [-0.25, -0.2) is 22.1 Å². The molecule has 0 radical (unpaired) electrons. The summed E-state index contributed by atoms with van der Waals surface area (Å²) in [5.41, 5.74) is -0.824. The van der Waals surface area contributed by atoms with E-state index in [0.29, 0.717) is 17.4 Å². The van der Waals surface area contributed by atoms with E-state index < -0.39 is 57.4 Å². The van der Waals surface area contributed by atoms with Gasteiger partial charge in [-0.05, 0) is 28.8 Å². The number of aromatic nitrogens is 1. The molecule has 9 heteroatoms. The van der Waals surface area contributed by atoms with Crippen molar-refractivity contribution in [2.24, 2.45) is 0 Å². The van der Waals surface area contributed by atoms with Crippen LogP contribution in [0, 0.1) is 23.3 Å². The van der Waals surface area contributed by atoms with Gasteiger partial charge in [-0.3, -0.25) is 0 Å². The molecule has 2 aliphatic rings. The Balaban J connectivity index is 2.05. The van der Waals surface area contributed by atoms with Gasteiger partial charge >= 0.3 is 0 Å². The van der Waals surface area contributed by atoms with E-state index in [2.05, 4.69) is 15.9 Å². The number of fused-ring (bicyclic) bond motifs is 5. The lowest BCUT2D eigenvalue weighted by molar-refractivity contribution is 0.0682. The van der Waals surface area contributed by atoms with Crippen molar-refractivity contribution in [3.05, 3.63) is 38.9 Å². The van der Waals surface area contributed by atoms with E-state index in [1.165, 1.54) is 0 Å². The topological polar surface area (TPSA) is 54.6 Å². The van der Waals surface area contributed by atoms with E-state index in [4.69, 9.17) is 4.74 Å². The maximum atomic E-state index is 14.1. The second-order valence-electron chi connectivity index (χ2n) is 5.42. The number of hydrogen-bond acceptors (Lipinski definition) is 3. The second kappa shape index (κ2) is 4.64. The lowest BCUT2D eigenvalue weighted by Gasteiger charge is -2.13. The quantitative estimate of drug-likeness (QED) is 0.435. The van der Waals surface area contributed by atoms with E-state index in [-0.39, 0.29) is 11.1 Å². The molecule has 1 aromatic carbocycles. The van der Waals surface area contributed by atoms with Crippen molar-refractivity contribution in [2.45, 2.75) is 25.0 Å². The fraction of sp³-hybridized carbons (Fsp3) is 0.286. The van der Waals surface area contributed by atoms with Gasteiger partial charge < -0.3 is 14.9 Å². The van der Waals surface area contributed by atoms with E-state index in [1.807, 2.05) is 0 Å². The maximum absolute atomic E-state index is 14.1. The standard InChI is InChI=1S/C14H8BrF4NO3/c15-7-8(16)10(18)12(11(19)9(7)17)20-13(21)5-3-1-2-4(23-3)6(5)14(20)22/h3-4,21-22H,1-2H2/t3-,4+. The Bertz CT molecular complexity index is 804. The van der Waals surface area contributed by atoms with Gasteiger partial charge in [0.1, 0.15) is 5.69 Å². The molecular weight excluding hydrogens is 386 g/mol. The van der Waals surface area contributed by atoms with E-state index in [0.717, 1.165) is 0 Å².